The molecule has 2 N–H and O–H groups in total. The van der Waals surface area contributed by atoms with Crippen molar-refractivity contribution in [2.75, 3.05) is 13.2 Å². The minimum Gasteiger partial charge on any atom is -0.466 e. The molecule has 1 aromatic rings. The summed E-state index contributed by atoms with van der Waals surface area (Å²) in [6.45, 7) is 6.39. The number of benzene rings is 1. The lowest BCUT2D eigenvalue weighted by molar-refractivity contribution is -0.153. The fourth-order valence-electron chi connectivity index (χ4n) is 1.76. The van der Waals surface area contributed by atoms with Crippen molar-refractivity contribution in [1.82, 2.24) is 0 Å². The standard InChI is InChI=1S/C14H21NO2/c1-4-17-13(16)14(3,10-15)9-12-8-6-5-7-11(12)2/h5-8H,4,9-10,15H2,1-3H3. The quantitative estimate of drug-likeness (QED) is 0.795. The molecule has 0 heterocycles. The van der Waals surface area contributed by atoms with E-state index in [0.717, 1.165) is 5.56 Å². The van der Waals surface area contributed by atoms with Gasteiger partial charge in [0.15, 0.2) is 0 Å². The number of carbonyl (C=O) groups is 1. The van der Waals surface area contributed by atoms with Crippen LogP contribution in [0.4, 0.5) is 0 Å². The second-order valence-electron chi connectivity index (χ2n) is 4.59. The second-order valence-corrected chi connectivity index (χ2v) is 4.59. The smallest absolute Gasteiger partial charge is 0.313 e. The largest absolute Gasteiger partial charge is 0.466 e. The minimum absolute atomic E-state index is 0.217. The van der Waals surface area contributed by atoms with Gasteiger partial charge in [-0.2, -0.15) is 0 Å². The van der Waals surface area contributed by atoms with E-state index in [0.29, 0.717) is 19.6 Å². The van der Waals surface area contributed by atoms with Gasteiger partial charge in [0.2, 0.25) is 0 Å². The molecule has 3 nitrogen and oxygen atoms in total. The van der Waals surface area contributed by atoms with Gasteiger partial charge in [-0.25, -0.2) is 0 Å². The van der Waals surface area contributed by atoms with E-state index in [2.05, 4.69) is 0 Å². The SMILES string of the molecule is CCOC(=O)C(C)(CN)Cc1ccccc1C. The van der Waals surface area contributed by atoms with Crippen LogP contribution in [-0.2, 0) is 16.0 Å². The van der Waals surface area contributed by atoms with E-state index in [4.69, 9.17) is 10.5 Å². The third-order valence-electron chi connectivity index (χ3n) is 3.06. The van der Waals surface area contributed by atoms with Gasteiger partial charge in [0, 0.05) is 6.54 Å². The van der Waals surface area contributed by atoms with Crippen molar-refractivity contribution in [1.29, 1.82) is 0 Å². The molecule has 0 saturated heterocycles. The first-order valence-electron chi connectivity index (χ1n) is 5.95. The molecule has 0 spiro atoms. The Labute approximate surface area is 103 Å². The summed E-state index contributed by atoms with van der Waals surface area (Å²) in [6.07, 6.45) is 0.620. The molecular weight excluding hydrogens is 214 g/mol. The summed E-state index contributed by atoms with van der Waals surface area (Å²) >= 11 is 0. The Hall–Kier alpha value is -1.35. The van der Waals surface area contributed by atoms with Crippen LogP contribution in [0.1, 0.15) is 25.0 Å². The Balaban J connectivity index is 2.89. The molecule has 0 amide bonds. The van der Waals surface area contributed by atoms with Crippen LogP contribution in [0.15, 0.2) is 24.3 Å². The maximum Gasteiger partial charge on any atom is 0.313 e. The Morgan fingerprint density at radius 2 is 2.06 bits per heavy atom. The first-order chi connectivity index (χ1) is 8.03. The average Bonchev–Trinajstić information content (AvgIpc) is 2.32. The zero-order valence-electron chi connectivity index (χ0n) is 10.8. The number of nitrogens with two attached hydrogens (primary N) is 1. The van der Waals surface area contributed by atoms with Crippen molar-refractivity contribution in [3.8, 4) is 0 Å². The van der Waals surface area contributed by atoms with Gasteiger partial charge in [-0.15, -0.1) is 0 Å². The Morgan fingerprint density at radius 3 is 2.59 bits per heavy atom. The molecule has 0 aliphatic rings. The maximum absolute atomic E-state index is 11.9. The molecule has 0 saturated carbocycles. The van der Waals surface area contributed by atoms with E-state index >= 15 is 0 Å². The highest BCUT2D eigenvalue weighted by molar-refractivity contribution is 5.77. The molecule has 0 aromatic heterocycles. The molecular formula is C14H21NO2. The van der Waals surface area contributed by atoms with Crippen LogP contribution in [0, 0.1) is 12.3 Å². The van der Waals surface area contributed by atoms with Crippen molar-refractivity contribution in [3.05, 3.63) is 35.4 Å². The molecule has 1 aromatic carbocycles. The van der Waals surface area contributed by atoms with E-state index < -0.39 is 5.41 Å². The topological polar surface area (TPSA) is 52.3 Å². The highest BCUT2D eigenvalue weighted by Gasteiger charge is 2.33. The van der Waals surface area contributed by atoms with Crippen molar-refractivity contribution in [2.24, 2.45) is 11.1 Å². The van der Waals surface area contributed by atoms with Crippen molar-refractivity contribution in [3.63, 3.8) is 0 Å². The molecule has 0 radical (unpaired) electrons. The Morgan fingerprint density at radius 1 is 1.41 bits per heavy atom. The van der Waals surface area contributed by atoms with E-state index in [1.807, 2.05) is 45.0 Å². The van der Waals surface area contributed by atoms with Gasteiger partial charge in [-0.05, 0) is 38.3 Å². The van der Waals surface area contributed by atoms with E-state index in [9.17, 15) is 4.79 Å². The Kier molecular flexibility index (Phi) is 4.70. The molecule has 3 heteroatoms. The summed E-state index contributed by atoms with van der Waals surface area (Å²) in [5, 5.41) is 0. The number of aryl methyl sites for hydroxylation is 1. The summed E-state index contributed by atoms with van der Waals surface area (Å²) in [4.78, 5) is 11.9. The van der Waals surface area contributed by atoms with Crippen LogP contribution in [0.3, 0.4) is 0 Å². The first-order valence-corrected chi connectivity index (χ1v) is 5.95. The van der Waals surface area contributed by atoms with Crippen LogP contribution in [0.25, 0.3) is 0 Å². The van der Waals surface area contributed by atoms with Gasteiger partial charge < -0.3 is 10.5 Å². The predicted molar refractivity (Wildman–Crippen MR) is 68.7 cm³/mol. The summed E-state index contributed by atoms with van der Waals surface area (Å²) < 4.78 is 5.09. The van der Waals surface area contributed by atoms with Gasteiger partial charge in [0.05, 0.1) is 12.0 Å². The van der Waals surface area contributed by atoms with Crippen molar-refractivity contribution >= 4 is 5.97 Å². The van der Waals surface area contributed by atoms with Gasteiger partial charge >= 0.3 is 5.97 Å². The lowest BCUT2D eigenvalue weighted by Crippen LogP contribution is -2.39. The van der Waals surface area contributed by atoms with Crippen molar-refractivity contribution in [2.45, 2.75) is 27.2 Å². The molecule has 0 aliphatic carbocycles. The molecule has 0 aliphatic heterocycles. The van der Waals surface area contributed by atoms with E-state index in [1.54, 1.807) is 0 Å². The number of rotatable bonds is 5. The maximum atomic E-state index is 11.9. The Bertz CT molecular complexity index is 390. The zero-order valence-corrected chi connectivity index (χ0v) is 10.8. The summed E-state index contributed by atoms with van der Waals surface area (Å²) in [6, 6.07) is 8.04. The second kappa shape index (κ2) is 5.82. The normalized spacial score (nSPS) is 14.1. The highest BCUT2D eigenvalue weighted by Crippen LogP contribution is 2.24. The third-order valence-corrected chi connectivity index (χ3v) is 3.06. The molecule has 1 atom stereocenters. The van der Waals surface area contributed by atoms with Crippen molar-refractivity contribution < 1.29 is 9.53 Å². The first kappa shape index (κ1) is 13.7. The summed E-state index contributed by atoms with van der Waals surface area (Å²) in [5.74, 6) is -0.217. The monoisotopic (exact) mass is 235 g/mol. The number of hydrogen-bond acceptors (Lipinski definition) is 3. The van der Waals surface area contributed by atoms with Gasteiger partial charge in [-0.1, -0.05) is 24.3 Å². The van der Waals surface area contributed by atoms with Crippen LogP contribution < -0.4 is 5.73 Å². The summed E-state index contributed by atoms with van der Waals surface area (Å²) in [7, 11) is 0. The fraction of sp³-hybridized carbons (Fsp3) is 0.500. The fourth-order valence-corrected chi connectivity index (χ4v) is 1.76. The van der Waals surface area contributed by atoms with Gasteiger partial charge in [0.25, 0.3) is 0 Å². The average molecular weight is 235 g/mol. The van der Waals surface area contributed by atoms with Crippen LogP contribution >= 0.6 is 0 Å². The van der Waals surface area contributed by atoms with Gasteiger partial charge in [0.1, 0.15) is 0 Å². The molecule has 17 heavy (non-hydrogen) atoms. The molecule has 0 fully saturated rings. The predicted octanol–water partition coefficient (Wildman–Crippen LogP) is 2.07. The lowest BCUT2D eigenvalue weighted by atomic mass is 9.82. The number of esters is 1. The minimum atomic E-state index is -0.637. The van der Waals surface area contributed by atoms with Crippen LogP contribution in [0.2, 0.25) is 0 Å². The zero-order chi connectivity index (χ0) is 12.9. The third kappa shape index (κ3) is 3.30. The van der Waals surface area contributed by atoms with Crippen LogP contribution in [0.5, 0.6) is 0 Å². The van der Waals surface area contributed by atoms with Gasteiger partial charge in [-0.3, -0.25) is 4.79 Å². The summed E-state index contributed by atoms with van der Waals surface area (Å²) in [5.41, 5.74) is 7.42. The molecule has 94 valence electrons. The number of hydrogen-bond donors (Lipinski definition) is 1. The lowest BCUT2D eigenvalue weighted by Gasteiger charge is -2.26. The number of carbonyl (C=O) groups excluding carboxylic acids is 1. The number of ether oxygens (including phenoxy) is 1. The van der Waals surface area contributed by atoms with E-state index in [1.165, 1.54) is 5.56 Å². The highest BCUT2D eigenvalue weighted by atomic mass is 16.5. The molecule has 1 rings (SSSR count). The van der Waals surface area contributed by atoms with Crippen LogP contribution in [-0.4, -0.2) is 19.1 Å². The van der Waals surface area contributed by atoms with E-state index in [-0.39, 0.29) is 5.97 Å². The molecule has 0 bridgehead atoms. The molecule has 1 unspecified atom stereocenters.